The molecular formula is C9H16N2O. The molecule has 0 saturated carbocycles. The van der Waals surface area contributed by atoms with Crippen molar-refractivity contribution in [1.82, 2.24) is 5.32 Å². The summed E-state index contributed by atoms with van der Waals surface area (Å²) in [6, 6.07) is 0. The van der Waals surface area contributed by atoms with Crippen LogP contribution in [-0.2, 0) is 0 Å². The Kier molecular flexibility index (Phi) is 7.08. The van der Waals surface area contributed by atoms with Crippen molar-refractivity contribution in [2.45, 2.75) is 6.92 Å². The summed E-state index contributed by atoms with van der Waals surface area (Å²) in [4.78, 5) is 0. The number of hydrogen-bond donors (Lipinski definition) is 3. The van der Waals surface area contributed by atoms with Crippen molar-refractivity contribution in [3.63, 3.8) is 0 Å². The Morgan fingerprint density at radius 2 is 2.33 bits per heavy atom. The molecule has 4 N–H and O–H groups in total. The summed E-state index contributed by atoms with van der Waals surface area (Å²) in [5.74, 6) is 0. The average molecular weight is 168 g/mol. The number of nitrogens with two attached hydrogens (primary N) is 1. The quantitative estimate of drug-likeness (QED) is 0.524. The number of allylic oxidation sites excluding steroid dienone is 4. The maximum atomic E-state index is 8.55. The van der Waals surface area contributed by atoms with Crippen LogP contribution in [0.5, 0.6) is 0 Å². The molecule has 0 spiro atoms. The zero-order valence-electron chi connectivity index (χ0n) is 7.33. The van der Waals surface area contributed by atoms with E-state index in [4.69, 9.17) is 10.8 Å². The van der Waals surface area contributed by atoms with Gasteiger partial charge in [-0.3, -0.25) is 0 Å². The van der Waals surface area contributed by atoms with E-state index in [0.29, 0.717) is 6.54 Å². The van der Waals surface area contributed by atoms with E-state index < -0.39 is 0 Å². The highest BCUT2D eigenvalue weighted by atomic mass is 16.3. The zero-order valence-corrected chi connectivity index (χ0v) is 7.33. The summed E-state index contributed by atoms with van der Waals surface area (Å²) >= 11 is 0. The molecule has 0 atom stereocenters. The first kappa shape index (κ1) is 10.8. The summed E-state index contributed by atoms with van der Waals surface area (Å²) in [5.41, 5.74) is 6.11. The molecule has 0 amide bonds. The van der Waals surface area contributed by atoms with Gasteiger partial charge in [0.1, 0.15) is 0 Å². The van der Waals surface area contributed by atoms with Crippen LogP contribution in [0.25, 0.3) is 0 Å². The van der Waals surface area contributed by atoms with Crippen molar-refractivity contribution in [3.8, 4) is 0 Å². The maximum Gasteiger partial charge on any atom is 0.0604 e. The van der Waals surface area contributed by atoms with Crippen LogP contribution in [0.3, 0.4) is 0 Å². The number of hydrogen-bond acceptors (Lipinski definition) is 3. The summed E-state index contributed by atoms with van der Waals surface area (Å²) in [5, 5.41) is 11.6. The third-order valence-electron chi connectivity index (χ3n) is 1.17. The third kappa shape index (κ3) is 5.56. The summed E-state index contributed by atoms with van der Waals surface area (Å²) < 4.78 is 0. The largest absolute Gasteiger partial charge is 0.405 e. The van der Waals surface area contributed by atoms with Crippen LogP contribution in [-0.4, -0.2) is 18.3 Å². The molecule has 0 aromatic carbocycles. The van der Waals surface area contributed by atoms with Gasteiger partial charge in [0.15, 0.2) is 0 Å². The van der Waals surface area contributed by atoms with E-state index in [-0.39, 0.29) is 6.61 Å². The van der Waals surface area contributed by atoms with Crippen molar-refractivity contribution < 1.29 is 5.11 Å². The predicted molar refractivity (Wildman–Crippen MR) is 51.3 cm³/mol. The van der Waals surface area contributed by atoms with E-state index >= 15 is 0 Å². The van der Waals surface area contributed by atoms with Gasteiger partial charge in [-0.05, 0) is 31.4 Å². The Bertz CT molecular complexity index is 183. The van der Waals surface area contributed by atoms with E-state index in [9.17, 15) is 0 Å². The summed E-state index contributed by atoms with van der Waals surface area (Å²) in [6.45, 7) is 2.61. The smallest absolute Gasteiger partial charge is 0.0604 e. The number of nitrogens with one attached hydrogen (secondary N) is 1. The first-order chi connectivity index (χ1) is 5.85. The molecule has 12 heavy (non-hydrogen) atoms. The monoisotopic (exact) mass is 168 g/mol. The molecule has 0 aromatic rings. The Labute approximate surface area is 73.3 Å². The lowest BCUT2D eigenvalue weighted by Gasteiger charge is -2.03. The number of rotatable bonds is 5. The standard InChI is InChI=1S/C9H16N2O/c1-2-4-9(5-3-6-10)11-7-8-12/h2-6,11-12H,7-8,10H2,1H3/b4-2-,6-3+,9-5+. The highest BCUT2D eigenvalue weighted by Gasteiger charge is 1.86. The Morgan fingerprint density at radius 3 is 2.83 bits per heavy atom. The average Bonchev–Trinajstić information content (AvgIpc) is 2.10. The van der Waals surface area contributed by atoms with Crippen LogP contribution >= 0.6 is 0 Å². The predicted octanol–water partition coefficient (Wildman–Crippen LogP) is 0.501. The van der Waals surface area contributed by atoms with Crippen LogP contribution in [0.1, 0.15) is 6.92 Å². The Morgan fingerprint density at radius 1 is 1.58 bits per heavy atom. The molecule has 0 aliphatic rings. The van der Waals surface area contributed by atoms with E-state index in [1.54, 1.807) is 6.08 Å². The highest BCUT2D eigenvalue weighted by Crippen LogP contribution is 1.91. The van der Waals surface area contributed by atoms with Gasteiger partial charge in [-0.25, -0.2) is 0 Å². The van der Waals surface area contributed by atoms with Gasteiger partial charge in [0.05, 0.1) is 6.61 Å². The van der Waals surface area contributed by atoms with Gasteiger partial charge < -0.3 is 16.2 Å². The van der Waals surface area contributed by atoms with Crippen LogP contribution in [0, 0.1) is 0 Å². The van der Waals surface area contributed by atoms with Crippen LogP contribution < -0.4 is 11.1 Å². The number of aliphatic hydroxyl groups excluding tert-OH is 1. The van der Waals surface area contributed by atoms with E-state index in [0.717, 1.165) is 5.70 Å². The van der Waals surface area contributed by atoms with Crippen molar-refractivity contribution in [2.24, 2.45) is 5.73 Å². The highest BCUT2D eigenvalue weighted by molar-refractivity contribution is 5.21. The molecule has 0 radical (unpaired) electrons. The molecule has 3 heteroatoms. The molecule has 0 bridgehead atoms. The third-order valence-corrected chi connectivity index (χ3v) is 1.17. The molecule has 0 fully saturated rings. The lowest BCUT2D eigenvalue weighted by Crippen LogP contribution is -2.16. The van der Waals surface area contributed by atoms with Gasteiger partial charge in [0, 0.05) is 12.2 Å². The molecule has 0 saturated heterocycles. The number of aliphatic hydroxyl groups is 1. The molecule has 0 aliphatic carbocycles. The fourth-order valence-electron chi connectivity index (χ4n) is 0.712. The second-order valence-electron chi connectivity index (χ2n) is 2.16. The van der Waals surface area contributed by atoms with Crippen LogP contribution in [0.15, 0.2) is 36.2 Å². The minimum Gasteiger partial charge on any atom is -0.405 e. The SMILES string of the molecule is C\C=C/C(=C\C=C\N)NCCO. The topological polar surface area (TPSA) is 58.3 Å². The van der Waals surface area contributed by atoms with E-state index in [2.05, 4.69) is 5.32 Å². The van der Waals surface area contributed by atoms with Crippen LogP contribution in [0.4, 0.5) is 0 Å². The minimum absolute atomic E-state index is 0.126. The summed E-state index contributed by atoms with van der Waals surface area (Å²) in [6.07, 6.45) is 8.87. The van der Waals surface area contributed by atoms with Gasteiger partial charge in [0.2, 0.25) is 0 Å². The maximum absolute atomic E-state index is 8.55. The fourth-order valence-corrected chi connectivity index (χ4v) is 0.712. The van der Waals surface area contributed by atoms with Crippen molar-refractivity contribution in [2.75, 3.05) is 13.2 Å². The molecule has 0 rings (SSSR count). The van der Waals surface area contributed by atoms with Crippen molar-refractivity contribution in [3.05, 3.63) is 36.2 Å². The van der Waals surface area contributed by atoms with Gasteiger partial charge in [0.25, 0.3) is 0 Å². The Hall–Kier alpha value is -1.22. The lowest BCUT2D eigenvalue weighted by molar-refractivity contribution is 0.297. The van der Waals surface area contributed by atoms with Gasteiger partial charge in [-0.15, -0.1) is 0 Å². The molecule has 0 unspecified atom stereocenters. The van der Waals surface area contributed by atoms with Crippen molar-refractivity contribution >= 4 is 0 Å². The zero-order chi connectivity index (χ0) is 9.23. The summed E-state index contributed by atoms with van der Waals surface area (Å²) in [7, 11) is 0. The molecule has 0 heterocycles. The molecule has 3 nitrogen and oxygen atoms in total. The van der Waals surface area contributed by atoms with Gasteiger partial charge in [-0.2, -0.15) is 0 Å². The second-order valence-corrected chi connectivity index (χ2v) is 2.16. The minimum atomic E-state index is 0.126. The second kappa shape index (κ2) is 7.88. The first-order valence-corrected chi connectivity index (χ1v) is 3.91. The first-order valence-electron chi connectivity index (χ1n) is 3.91. The van der Waals surface area contributed by atoms with Gasteiger partial charge in [-0.1, -0.05) is 6.08 Å². The Balaban J connectivity index is 4.02. The molecule has 68 valence electrons. The van der Waals surface area contributed by atoms with E-state index in [1.807, 2.05) is 25.2 Å². The van der Waals surface area contributed by atoms with E-state index in [1.165, 1.54) is 6.20 Å². The molecular weight excluding hydrogens is 152 g/mol. The lowest BCUT2D eigenvalue weighted by atomic mass is 10.3. The van der Waals surface area contributed by atoms with Crippen LogP contribution in [0.2, 0.25) is 0 Å². The molecule has 0 aromatic heterocycles. The fraction of sp³-hybridized carbons (Fsp3) is 0.333. The molecule has 0 aliphatic heterocycles. The van der Waals surface area contributed by atoms with Crippen molar-refractivity contribution in [1.29, 1.82) is 0 Å². The van der Waals surface area contributed by atoms with Gasteiger partial charge >= 0.3 is 0 Å². The normalized spacial score (nSPS) is 13.0.